The molecule has 0 saturated heterocycles. The van der Waals surface area contributed by atoms with Crippen molar-refractivity contribution in [3.63, 3.8) is 0 Å². The monoisotopic (exact) mass is 439 g/mol. The molecule has 0 bridgehead atoms. The van der Waals surface area contributed by atoms with Crippen molar-refractivity contribution in [2.24, 2.45) is 5.92 Å². The van der Waals surface area contributed by atoms with Crippen LogP contribution in [0.3, 0.4) is 0 Å². The first-order valence-electron chi connectivity index (χ1n) is 9.10. The minimum atomic E-state index is -4.69. The molecule has 0 unspecified atom stereocenters. The van der Waals surface area contributed by atoms with E-state index in [1.807, 2.05) is 13.8 Å². The average Bonchev–Trinajstić information content (AvgIpc) is 2.96. The minimum absolute atomic E-state index is 0.00846. The lowest BCUT2D eigenvalue weighted by molar-refractivity contribution is -0.136. The number of carbonyl (C=O) groups excluding carboxylic acids is 1. The molecular weight excluding hydrogens is 419 g/mol. The second-order valence-corrected chi connectivity index (χ2v) is 9.55. The molecule has 3 rings (SSSR count). The molecule has 2 aromatic heterocycles. The van der Waals surface area contributed by atoms with Crippen molar-refractivity contribution in [1.82, 2.24) is 14.8 Å². The highest BCUT2D eigenvalue weighted by Crippen LogP contribution is 2.38. The number of aromatic nitrogens is 3. The molecule has 2 heterocycles. The summed E-state index contributed by atoms with van der Waals surface area (Å²) in [6.45, 7) is 5.04. The summed E-state index contributed by atoms with van der Waals surface area (Å²) in [4.78, 5) is 16.9. The molecule has 0 atom stereocenters. The normalized spacial score (nSPS) is 12.7. The van der Waals surface area contributed by atoms with Gasteiger partial charge in [0, 0.05) is 18.2 Å². The summed E-state index contributed by atoms with van der Waals surface area (Å²) < 4.78 is 65.6. The Balaban J connectivity index is 2.27. The fourth-order valence-corrected chi connectivity index (χ4v) is 3.77. The summed E-state index contributed by atoms with van der Waals surface area (Å²) in [6.07, 6.45) is -3.55. The fraction of sp³-hybridized carbons (Fsp3) is 0.350. The lowest BCUT2D eigenvalue weighted by Gasteiger charge is -2.12. The Bertz CT molecular complexity index is 1230. The van der Waals surface area contributed by atoms with Crippen LogP contribution in [0.4, 0.5) is 13.2 Å². The standard InChI is InChI=1S/C20H20F3N3O3S/c1-11(2)9-17(27)26-19-18(12(3)25-26)15(20(21,22)23)10-16(24-19)13-5-7-14(8-6-13)30(4,28)29/h5-8,10-11H,9H2,1-4H3. The minimum Gasteiger partial charge on any atom is -0.272 e. The number of pyridine rings is 1. The average molecular weight is 439 g/mol. The molecule has 0 N–H and O–H groups in total. The van der Waals surface area contributed by atoms with Crippen molar-refractivity contribution in [3.05, 3.63) is 41.6 Å². The predicted molar refractivity (Wildman–Crippen MR) is 106 cm³/mol. The first kappa shape index (κ1) is 21.9. The van der Waals surface area contributed by atoms with Crippen LogP contribution in [0.25, 0.3) is 22.3 Å². The SMILES string of the molecule is Cc1nn(C(=O)CC(C)C)c2nc(-c3ccc(S(C)(=O)=O)cc3)cc(C(F)(F)F)c12. The van der Waals surface area contributed by atoms with E-state index < -0.39 is 27.5 Å². The maximum absolute atomic E-state index is 13.8. The number of hydrogen-bond acceptors (Lipinski definition) is 5. The van der Waals surface area contributed by atoms with Crippen molar-refractivity contribution in [1.29, 1.82) is 0 Å². The third-order valence-corrected chi connectivity index (χ3v) is 5.64. The Morgan fingerprint density at radius 2 is 1.77 bits per heavy atom. The number of aryl methyl sites for hydroxylation is 1. The number of alkyl halides is 3. The Morgan fingerprint density at radius 1 is 1.17 bits per heavy atom. The van der Waals surface area contributed by atoms with E-state index in [0.29, 0.717) is 0 Å². The third-order valence-electron chi connectivity index (χ3n) is 4.52. The first-order chi connectivity index (χ1) is 13.8. The van der Waals surface area contributed by atoms with E-state index in [1.54, 1.807) is 0 Å². The summed E-state index contributed by atoms with van der Waals surface area (Å²) in [5.74, 6) is -0.459. The molecule has 0 aliphatic rings. The highest BCUT2D eigenvalue weighted by Gasteiger charge is 2.36. The fourth-order valence-electron chi connectivity index (χ4n) is 3.14. The maximum atomic E-state index is 13.8. The Labute approximate surface area is 171 Å². The van der Waals surface area contributed by atoms with Crippen LogP contribution in [0.15, 0.2) is 35.2 Å². The lowest BCUT2D eigenvalue weighted by atomic mass is 10.1. The molecule has 0 fully saturated rings. The van der Waals surface area contributed by atoms with E-state index in [2.05, 4.69) is 10.1 Å². The topological polar surface area (TPSA) is 81.9 Å². The van der Waals surface area contributed by atoms with Crippen LogP contribution in [-0.4, -0.2) is 35.3 Å². The molecule has 160 valence electrons. The van der Waals surface area contributed by atoms with E-state index in [9.17, 15) is 26.4 Å². The van der Waals surface area contributed by atoms with Gasteiger partial charge in [-0.3, -0.25) is 4.79 Å². The molecule has 0 spiro atoms. The third kappa shape index (κ3) is 4.23. The Kier molecular flexibility index (Phi) is 5.48. The van der Waals surface area contributed by atoms with Gasteiger partial charge in [-0.05, 0) is 31.0 Å². The molecular formula is C20H20F3N3O3S. The number of benzene rings is 1. The number of fused-ring (bicyclic) bond motifs is 1. The number of carbonyl (C=O) groups is 1. The van der Waals surface area contributed by atoms with Gasteiger partial charge in [-0.2, -0.15) is 23.0 Å². The number of sulfone groups is 1. The van der Waals surface area contributed by atoms with Gasteiger partial charge in [0.1, 0.15) is 0 Å². The first-order valence-corrected chi connectivity index (χ1v) is 11.0. The van der Waals surface area contributed by atoms with E-state index in [1.165, 1.54) is 31.2 Å². The highest BCUT2D eigenvalue weighted by atomic mass is 32.2. The van der Waals surface area contributed by atoms with Crippen molar-refractivity contribution in [2.75, 3.05) is 6.26 Å². The number of nitrogens with zero attached hydrogens (tertiary/aromatic N) is 3. The van der Waals surface area contributed by atoms with Gasteiger partial charge < -0.3 is 0 Å². The number of hydrogen-bond donors (Lipinski definition) is 0. The van der Waals surface area contributed by atoms with Crippen molar-refractivity contribution >= 4 is 26.8 Å². The maximum Gasteiger partial charge on any atom is 0.417 e. The Morgan fingerprint density at radius 3 is 2.27 bits per heavy atom. The molecule has 0 saturated carbocycles. The largest absolute Gasteiger partial charge is 0.417 e. The second-order valence-electron chi connectivity index (χ2n) is 7.54. The zero-order valence-electron chi connectivity index (χ0n) is 16.8. The molecule has 10 heteroatoms. The van der Waals surface area contributed by atoms with E-state index >= 15 is 0 Å². The van der Waals surface area contributed by atoms with Gasteiger partial charge in [-0.15, -0.1) is 0 Å². The van der Waals surface area contributed by atoms with Crippen molar-refractivity contribution in [3.8, 4) is 11.3 Å². The van der Waals surface area contributed by atoms with E-state index in [-0.39, 0.29) is 45.2 Å². The summed E-state index contributed by atoms with van der Waals surface area (Å²) in [5, 5.41) is 3.80. The van der Waals surface area contributed by atoms with Crippen LogP contribution in [0.2, 0.25) is 0 Å². The molecule has 1 aromatic carbocycles. The van der Waals surface area contributed by atoms with Gasteiger partial charge in [0.05, 0.1) is 27.2 Å². The highest BCUT2D eigenvalue weighted by molar-refractivity contribution is 7.90. The van der Waals surface area contributed by atoms with Crippen LogP contribution in [0.1, 0.15) is 36.3 Å². The quantitative estimate of drug-likeness (QED) is 0.597. The van der Waals surface area contributed by atoms with Gasteiger partial charge in [-0.25, -0.2) is 13.4 Å². The number of rotatable bonds is 4. The molecule has 0 radical (unpaired) electrons. The molecule has 30 heavy (non-hydrogen) atoms. The molecule has 0 amide bonds. The van der Waals surface area contributed by atoms with Gasteiger partial charge in [-0.1, -0.05) is 26.0 Å². The summed E-state index contributed by atoms with van der Waals surface area (Å²) >= 11 is 0. The zero-order valence-corrected chi connectivity index (χ0v) is 17.6. The van der Waals surface area contributed by atoms with Crippen LogP contribution in [0.5, 0.6) is 0 Å². The second kappa shape index (κ2) is 7.50. The Hall–Kier alpha value is -2.75. The smallest absolute Gasteiger partial charge is 0.272 e. The molecule has 3 aromatic rings. The van der Waals surface area contributed by atoms with Crippen LogP contribution in [-0.2, 0) is 16.0 Å². The van der Waals surface area contributed by atoms with Crippen molar-refractivity contribution in [2.45, 2.75) is 38.3 Å². The molecule has 6 nitrogen and oxygen atoms in total. The van der Waals surface area contributed by atoms with Crippen LogP contribution in [0, 0.1) is 12.8 Å². The van der Waals surface area contributed by atoms with E-state index in [4.69, 9.17) is 0 Å². The number of halogens is 3. The molecule has 0 aliphatic heterocycles. The zero-order chi connectivity index (χ0) is 22.4. The van der Waals surface area contributed by atoms with Crippen LogP contribution >= 0.6 is 0 Å². The van der Waals surface area contributed by atoms with Crippen LogP contribution < -0.4 is 0 Å². The van der Waals surface area contributed by atoms with Crippen molar-refractivity contribution < 1.29 is 26.4 Å². The van der Waals surface area contributed by atoms with Gasteiger partial charge in [0.2, 0.25) is 5.91 Å². The summed E-state index contributed by atoms with van der Waals surface area (Å²) in [6, 6.07) is 6.26. The summed E-state index contributed by atoms with van der Waals surface area (Å²) in [7, 11) is -3.45. The van der Waals surface area contributed by atoms with E-state index in [0.717, 1.165) is 17.0 Å². The van der Waals surface area contributed by atoms with Gasteiger partial charge in [0.15, 0.2) is 15.5 Å². The lowest BCUT2D eigenvalue weighted by Crippen LogP contribution is -2.15. The summed E-state index contributed by atoms with van der Waals surface area (Å²) in [5.41, 5.74) is -0.809. The van der Waals surface area contributed by atoms with Gasteiger partial charge >= 0.3 is 6.18 Å². The predicted octanol–water partition coefficient (Wildman–Crippen LogP) is 4.52. The molecule has 0 aliphatic carbocycles. The van der Waals surface area contributed by atoms with Gasteiger partial charge in [0.25, 0.3) is 0 Å².